The molecule has 0 aromatic carbocycles. The number of carbonyl (C=O) groups is 1. The topological polar surface area (TPSA) is 29.4 Å². The standard InChI is InChI=1S/C7H9NO/c1-7(2)3-4-8-5-6(7)9/h3-5H,1-2H3. The van der Waals surface area contributed by atoms with E-state index in [2.05, 4.69) is 4.99 Å². The predicted molar refractivity (Wildman–Crippen MR) is 36.4 cm³/mol. The molecular formula is C7H9NO. The Labute approximate surface area is 54.3 Å². The quantitative estimate of drug-likeness (QED) is 0.475. The highest BCUT2D eigenvalue weighted by molar-refractivity contribution is 6.31. The van der Waals surface area contributed by atoms with Gasteiger partial charge in [0.25, 0.3) is 0 Å². The van der Waals surface area contributed by atoms with Crippen LogP contribution in [0.4, 0.5) is 0 Å². The van der Waals surface area contributed by atoms with Crippen molar-refractivity contribution in [1.82, 2.24) is 0 Å². The largest absolute Gasteiger partial charge is 0.292 e. The minimum absolute atomic E-state index is 0.0741. The Morgan fingerprint density at radius 3 is 2.56 bits per heavy atom. The zero-order valence-corrected chi connectivity index (χ0v) is 5.59. The Bertz CT molecular complexity index is 189. The van der Waals surface area contributed by atoms with Gasteiger partial charge in [-0.15, -0.1) is 0 Å². The molecule has 48 valence electrons. The molecule has 0 aliphatic carbocycles. The van der Waals surface area contributed by atoms with Gasteiger partial charge in [0.15, 0.2) is 5.78 Å². The van der Waals surface area contributed by atoms with Crippen molar-refractivity contribution in [2.45, 2.75) is 13.8 Å². The van der Waals surface area contributed by atoms with Gasteiger partial charge in [0.05, 0.1) is 6.21 Å². The molecule has 0 saturated heterocycles. The first kappa shape index (κ1) is 6.20. The van der Waals surface area contributed by atoms with E-state index in [1.807, 2.05) is 13.8 Å². The summed E-state index contributed by atoms with van der Waals surface area (Å²) < 4.78 is 0. The lowest BCUT2D eigenvalue weighted by Gasteiger charge is -2.16. The number of rotatable bonds is 0. The third-order valence-corrected chi connectivity index (χ3v) is 1.40. The normalized spacial score (nSPS) is 22.7. The molecule has 0 N–H and O–H groups in total. The molecule has 0 aromatic rings. The van der Waals surface area contributed by atoms with Crippen LogP contribution in [0.1, 0.15) is 13.8 Å². The summed E-state index contributed by atoms with van der Waals surface area (Å²) in [4.78, 5) is 14.6. The van der Waals surface area contributed by atoms with Crippen molar-refractivity contribution in [3.8, 4) is 0 Å². The van der Waals surface area contributed by atoms with Crippen LogP contribution < -0.4 is 0 Å². The number of allylic oxidation sites excluding steroid dienone is 1. The number of hydrogen-bond acceptors (Lipinski definition) is 2. The van der Waals surface area contributed by atoms with E-state index in [1.165, 1.54) is 6.21 Å². The van der Waals surface area contributed by atoms with Gasteiger partial charge in [-0.3, -0.25) is 9.79 Å². The maximum atomic E-state index is 10.9. The maximum Gasteiger partial charge on any atom is 0.183 e. The fraction of sp³-hybridized carbons (Fsp3) is 0.429. The number of nitrogens with zero attached hydrogens (tertiary/aromatic N) is 1. The third-order valence-electron chi connectivity index (χ3n) is 1.40. The molecule has 0 saturated carbocycles. The van der Waals surface area contributed by atoms with E-state index in [-0.39, 0.29) is 11.2 Å². The molecule has 0 fully saturated rings. The highest BCUT2D eigenvalue weighted by atomic mass is 16.1. The number of ketones is 1. The zero-order chi connectivity index (χ0) is 6.91. The van der Waals surface area contributed by atoms with Crippen LogP contribution in [0.15, 0.2) is 17.3 Å². The third kappa shape index (κ3) is 1.07. The van der Waals surface area contributed by atoms with Crippen molar-refractivity contribution in [3.05, 3.63) is 12.3 Å². The molecule has 0 atom stereocenters. The zero-order valence-electron chi connectivity index (χ0n) is 5.59. The summed E-state index contributed by atoms with van der Waals surface area (Å²) in [6.07, 6.45) is 4.82. The van der Waals surface area contributed by atoms with Crippen molar-refractivity contribution in [2.24, 2.45) is 10.4 Å². The van der Waals surface area contributed by atoms with Crippen molar-refractivity contribution < 1.29 is 4.79 Å². The molecule has 0 radical (unpaired) electrons. The molecule has 1 rings (SSSR count). The fourth-order valence-electron chi connectivity index (χ4n) is 0.589. The molecule has 2 nitrogen and oxygen atoms in total. The van der Waals surface area contributed by atoms with E-state index in [1.54, 1.807) is 12.3 Å². The predicted octanol–water partition coefficient (Wildman–Crippen LogP) is 1.18. The van der Waals surface area contributed by atoms with Gasteiger partial charge in [0, 0.05) is 11.6 Å². The lowest BCUT2D eigenvalue weighted by Crippen LogP contribution is -2.24. The van der Waals surface area contributed by atoms with Crippen molar-refractivity contribution in [2.75, 3.05) is 0 Å². The van der Waals surface area contributed by atoms with Gasteiger partial charge < -0.3 is 0 Å². The van der Waals surface area contributed by atoms with Crippen molar-refractivity contribution in [3.63, 3.8) is 0 Å². The van der Waals surface area contributed by atoms with Crippen LogP contribution in [-0.4, -0.2) is 12.0 Å². The van der Waals surface area contributed by atoms with Crippen LogP contribution in [0.5, 0.6) is 0 Å². The summed E-state index contributed by atoms with van der Waals surface area (Å²) in [5.74, 6) is 0.0741. The number of hydrogen-bond donors (Lipinski definition) is 0. The minimum atomic E-state index is -0.332. The second-order valence-electron chi connectivity index (χ2n) is 2.68. The fourth-order valence-corrected chi connectivity index (χ4v) is 0.589. The van der Waals surface area contributed by atoms with Crippen molar-refractivity contribution in [1.29, 1.82) is 0 Å². The number of carbonyl (C=O) groups excluding carboxylic acids is 1. The molecule has 0 spiro atoms. The molecule has 2 heteroatoms. The average molecular weight is 123 g/mol. The van der Waals surface area contributed by atoms with Gasteiger partial charge in [-0.2, -0.15) is 0 Å². The number of Topliss-reactive ketones (excluding diaryl/α,β-unsaturated/α-hetero) is 1. The molecule has 1 aliphatic heterocycles. The van der Waals surface area contributed by atoms with Crippen LogP contribution in [0.25, 0.3) is 0 Å². The molecule has 1 aliphatic rings. The van der Waals surface area contributed by atoms with Crippen molar-refractivity contribution >= 4 is 12.0 Å². The van der Waals surface area contributed by atoms with Gasteiger partial charge in [-0.05, 0) is 13.8 Å². The van der Waals surface area contributed by atoms with Gasteiger partial charge in [-0.1, -0.05) is 6.08 Å². The smallest absolute Gasteiger partial charge is 0.183 e. The summed E-state index contributed by atoms with van der Waals surface area (Å²) in [5, 5.41) is 0. The molecule has 0 unspecified atom stereocenters. The summed E-state index contributed by atoms with van der Waals surface area (Å²) in [6.45, 7) is 3.74. The Morgan fingerprint density at radius 2 is 2.22 bits per heavy atom. The van der Waals surface area contributed by atoms with Crippen LogP contribution in [-0.2, 0) is 4.79 Å². The monoisotopic (exact) mass is 123 g/mol. The van der Waals surface area contributed by atoms with E-state index in [9.17, 15) is 4.79 Å². The Hall–Kier alpha value is -0.920. The molecule has 0 bridgehead atoms. The Morgan fingerprint density at radius 1 is 1.56 bits per heavy atom. The van der Waals surface area contributed by atoms with E-state index in [0.29, 0.717) is 0 Å². The minimum Gasteiger partial charge on any atom is -0.292 e. The van der Waals surface area contributed by atoms with E-state index < -0.39 is 0 Å². The van der Waals surface area contributed by atoms with Crippen LogP contribution >= 0.6 is 0 Å². The van der Waals surface area contributed by atoms with E-state index in [4.69, 9.17) is 0 Å². The first-order valence-electron chi connectivity index (χ1n) is 2.88. The molecule has 9 heavy (non-hydrogen) atoms. The number of aliphatic imine (C=N–C) groups is 1. The lowest BCUT2D eigenvalue weighted by atomic mass is 9.88. The molecule has 0 amide bonds. The van der Waals surface area contributed by atoms with Crippen LogP contribution in [0, 0.1) is 5.41 Å². The Kier molecular flexibility index (Phi) is 1.24. The average Bonchev–Trinajstić information content (AvgIpc) is 1.77. The van der Waals surface area contributed by atoms with Gasteiger partial charge in [0.1, 0.15) is 0 Å². The van der Waals surface area contributed by atoms with E-state index >= 15 is 0 Å². The molecule has 1 heterocycles. The molecular weight excluding hydrogens is 114 g/mol. The Balaban J connectivity index is 2.91. The van der Waals surface area contributed by atoms with E-state index in [0.717, 1.165) is 0 Å². The van der Waals surface area contributed by atoms with Gasteiger partial charge in [0.2, 0.25) is 0 Å². The molecule has 0 aromatic heterocycles. The second-order valence-corrected chi connectivity index (χ2v) is 2.68. The van der Waals surface area contributed by atoms with Crippen LogP contribution in [0.2, 0.25) is 0 Å². The first-order valence-corrected chi connectivity index (χ1v) is 2.88. The summed E-state index contributed by atoms with van der Waals surface area (Å²) in [5.41, 5.74) is -0.332. The summed E-state index contributed by atoms with van der Waals surface area (Å²) in [7, 11) is 0. The van der Waals surface area contributed by atoms with Crippen LogP contribution in [0.3, 0.4) is 0 Å². The first-order chi connectivity index (χ1) is 4.13. The summed E-state index contributed by atoms with van der Waals surface area (Å²) >= 11 is 0. The van der Waals surface area contributed by atoms with Gasteiger partial charge >= 0.3 is 0 Å². The second kappa shape index (κ2) is 1.79. The maximum absolute atomic E-state index is 10.9. The lowest BCUT2D eigenvalue weighted by molar-refractivity contribution is -0.118. The van der Waals surface area contributed by atoms with Gasteiger partial charge in [-0.25, -0.2) is 0 Å². The highest BCUT2D eigenvalue weighted by Crippen LogP contribution is 2.19. The summed E-state index contributed by atoms with van der Waals surface area (Å²) in [6, 6.07) is 0. The SMILES string of the molecule is CC1(C)C=CN=CC1=O. The highest BCUT2D eigenvalue weighted by Gasteiger charge is 2.23.